The predicted molar refractivity (Wildman–Crippen MR) is 64.7 cm³/mol. The molecule has 0 aliphatic heterocycles. The van der Waals surface area contributed by atoms with E-state index in [-0.39, 0.29) is 6.03 Å². The van der Waals surface area contributed by atoms with Crippen LogP contribution in [0, 0.1) is 0 Å². The van der Waals surface area contributed by atoms with Gasteiger partial charge < -0.3 is 5.32 Å². The highest BCUT2D eigenvalue weighted by atomic mass is 32.2. The molecule has 1 amide bonds. The molecule has 16 heavy (non-hydrogen) atoms. The minimum Gasteiger partial charge on any atom is -0.335 e. The Kier molecular flexibility index (Phi) is 3.40. The molecule has 84 valence electrons. The quantitative estimate of drug-likeness (QED) is 0.817. The molecule has 1 aromatic carbocycles. The van der Waals surface area contributed by atoms with Gasteiger partial charge in [0.1, 0.15) is 5.52 Å². The highest BCUT2D eigenvalue weighted by Crippen LogP contribution is 2.08. The normalized spacial score (nSPS) is 10.6. The van der Waals surface area contributed by atoms with E-state index in [4.69, 9.17) is 0 Å². The van der Waals surface area contributed by atoms with E-state index in [1.807, 2.05) is 30.5 Å². The molecule has 0 atom stereocenters. The van der Waals surface area contributed by atoms with Crippen molar-refractivity contribution in [2.45, 2.75) is 0 Å². The van der Waals surface area contributed by atoms with Crippen LogP contribution in [0.3, 0.4) is 0 Å². The van der Waals surface area contributed by atoms with Gasteiger partial charge in [-0.3, -0.25) is 0 Å². The van der Waals surface area contributed by atoms with Crippen LogP contribution in [0.15, 0.2) is 24.3 Å². The minimum absolute atomic E-state index is 0.234. The number of carbonyl (C=O) groups is 1. The zero-order chi connectivity index (χ0) is 11.4. The van der Waals surface area contributed by atoms with Crippen LogP contribution in [-0.2, 0) is 0 Å². The van der Waals surface area contributed by atoms with Gasteiger partial charge in [0.2, 0.25) is 0 Å². The number of nitrogens with zero attached hydrogens (tertiary/aromatic N) is 3. The summed E-state index contributed by atoms with van der Waals surface area (Å²) in [5.74, 6) is 0.887. The molecular weight excluding hydrogens is 224 g/mol. The topological polar surface area (TPSA) is 59.8 Å². The van der Waals surface area contributed by atoms with E-state index in [2.05, 4.69) is 15.6 Å². The van der Waals surface area contributed by atoms with Gasteiger partial charge in [0.25, 0.3) is 0 Å². The Morgan fingerprint density at radius 2 is 2.31 bits per heavy atom. The lowest BCUT2D eigenvalue weighted by atomic mass is 10.3. The Labute approximate surface area is 97.2 Å². The van der Waals surface area contributed by atoms with E-state index < -0.39 is 0 Å². The molecule has 0 aliphatic carbocycles. The maximum atomic E-state index is 11.7. The number of benzene rings is 1. The number of thioether (sulfide) groups is 1. The smallest absolute Gasteiger partial charge is 0.335 e. The van der Waals surface area contributed by atoms with Crippen molar-refractivity contribution < 1.29 is 4.79 Å². The number of amides is 1. The average molecular weight is 236 g/mol. The van der Waals surface area contributed by atoms with Gasteiger partial charge in [0.15, 0.2) is 0 Å². The zero-order valence-electron chi connectivity index (χ0n) is 8.88. The molecule has 1 aromatic heterocycles. The fraction of sp³-hybridized carbons (Fsp3) is 0.300. The summed E-state index contributed by atoms with van der Waals surface area (Å²) in [5.41, 5.74) is 1.45. The molecule has 2 rings (SSSR count). The molecule has 1 heterocycles. The molecule has 0 saturated carbocycles. The second-order valence-electron chi connectivity index (χ2n) is 3.21. The van der Waals surface area contributed by atoms with Gasteiger partial charge in [-0.05, 0) is 18.4 Å². The predicted octanol–water partition coefficient (Wildman–Crippen LogP) is 1.35. The molecule has 0 aliphatic rings. The van der Waals surface area contributed by atoms with E-state index in [0.717, 1.165) is 16.8 Å². The van der Waals surface area contributed by atoms with Crippen molar-refractivity contribution >= 4 is 28.8 Å². The summed E-state index contributed by atoms with van der Waals surface area (Å²) < 4.78 is 1.29. The van der Waals surface area contributed by atoms with Gasteiger partial charge in [0.05, 0.1) is 5.52 Å². The Bertz CT molecular complexity index is 496. The lowest BCUT2D eigenvalue weighted by molar-refractivity contribution is 0.240. The first kappa shape index (κ1) is 10.9. The molecule has 0 saturated heterocycles. The largest absolute Gasteiger partial charge is 0.344 e. The zero-order valence-corrected chi connectivity index (χ0v) is 9.70. The van der Waals surface area contributed by atoms with Crippen LogP contribution in [0.4, 0.5) is 4.79 Å². The standard InChI is InChI=1S/C10H12N4OS/c1-16-7-6-11-10(15)14-9-5-3-2-4-8(9)12-13-14/h2-5H,6-7H2,1H3,(H,11,15). The van der Waals surface area contributed by atoms with Crippen LogP contribution in [0.5, 0.6) is 0 Å². The summed E-state index contributed by atoms with van der Waals surface area (Å²) in [6.45, 7) is 0.633. The molecule has 5 nitrogen and oxygen atoms in total. The molecule has 0 spiro atoms. The molecule has 0 unspecified atom stereocenters. The van der Waals surface area contributed by atoms with Crippen molar-refractivity contribution in [3.63, 3.8) is 0 Å². The summed E-state index contributed by atoms with van der Waals surface area (Å²) in [6, 6.07) is 7.14. The molecule has 2 aromatic rings. The lowest BCUT2D eigenvalue weighted by Crippen LogP contribution is -2.31. The van der Waals surface area contributed by atoms with Gasteiger partial charge in [0, 0.05) is 12.3 Å². The Morgan fingerprint density at radius 3 is 3.12 bits per heavy atom. The van der Waals surface area contributed by atoms with Crippen molar-refractivity contribution in [1.29, 1.82) is 0 Å². The van der Waals surface area contributed by atoms with Crippen LogP contribution in [-0.4, -0.2) is 39.6 Å². The van der Waals surface area contributed by atoms with E-state index >= 15 is 0 Å². The highest BCUT2D eigenvalue weighted by Gasteiger charge is 2.09. The van der Waals surface area contributed by atoms with Crippen LogP contribution in [0.1, 0.15) is 0 Å². The van der Waals surface area contributed by atoms with Gasteiger partial charge in [-0.2, -0.15) is 16.4 Å². The monoisotopic (exact) mass is 236 g/mol. The van der Waals surface area contributed by atoms with Gasteiger partial charge in [-0.1, -0.05) is 17.3 Å². The van der Waals surface area contributed by atoms with Crippen LogP contribution < -0.4 is 5.32 Å². The second kappa shape index (κ2) is 4.98. The summed E-state index contributed by atoms with van der Waals surface area (Å²) in [5, 5.41) is 10.5. The first-order valence-corrected chi connectivity index (χ1v) is 6.30. The fourth-order valence-electron chi connectivity index (χ4n) is 1.35. The minimum atomic E-state index is -0.234. The summed E-state index contributed by atoms with van der Waals surface area (Å²) >= 11 is 1.68. The molecule has 1 N–H and O–H groups in total. The van der Waals surface area contributed by atoms with Crippen molar-refractivity contribution in [3.8, 4) is 0 Å². The maximum absolute atomic E-state index is 11.7. The lowest BCUT2D eigenvalue weighted by Gasteiger charge is -2.03. The summed E-state index contributed by atoms with van der Waals surface area (Å²) in [6.07, 6.45) is 2.00. The first-order valence-electron chi connectivity index (χ1n) is 4.90. The summed E-state index contributed by atoms with van der Waals surface area (Å²) in [4.78, 5) is 11.7. The average Bonchev–Trinajstić information content (AvgIpc) is 2.73. The Morgan fingerprint density at radius 1 is 1.50 bits per heavy atom. The number of aromatic nitrogens is 3. The maximum Gasteiger partial charge on any atom is 0.344 e. The van der Waals surface area contributed by atoms with Crippen LogP contribution in [0.25, 0.3) is 11.0 Å². The van der Waals surface area contributed by atoms with Crippen LogP contribution >= 0.6 is 11.8 Å². The summed E-state index contributed by atoms with van der Waals surface area (Å²) in [7, 11) is 0. The van der Waals surface area contributed by atoms with Gasteiger partial charge >= 0.3 is 6.03 Å². The third kappa shape index (κ3) is 2.16. The number of nitrogens with one attached hydrogen (secondary N) is 1. The van der Waals surface area contributed by atoms with Crippen molar-refractivity contribution in [3.05, 3.63) is 24.3 Å². The van der Waals surface area contributed by atoms with E-state index in [1.54, 1.807) is 11.8 Å². The molecule has 6 heteroatoms. The third-order valence-corrected chi connectivity index (χ3v) is 2.74. The van der Waals surface area contributed by atoms with Crippen molar-refractivity contribution in [1.82, 2.24) is 20.3 Å². The molecule has 0 bridgehead atoms. The highest BCUT2D eigenvalue weighted by molar-refractivity contribution is 7.98. The van der Waals surface area contributed by atoms with Gasteiger partial charge in [-0.15, -0.1) is 5.10 Å². The Hall–Kier alpha value is -1.56. The molecule has 0 fully saturated rings. The number of para-hydroxylation sites is 1. The van der Waals surface area contributed by atoms with E-state index in [0.29, 0.717) is 6.54 Å². The number of fused-ring (bicyclic) bond motifs is 1. The SMILES string of the molecule is CSCCNC(=O)n1nnc2ccccc21. The Balaban J connectivity index is 2.17. The molecular formula is C10H12N4OS. The number of carbonyl (C=O) groups excluding carboxylic acids is 1. The second-order valence-corrected chi connectivity index (χ2v) is 4.20. The molecule has 0 radical (unpaired) electrons. The number of hydrogen-bond acceptors (Lipinski definition) is 4. The van der Waals surface area contributed by atoms with E-state index in [9.17, 15) is 4.79 Å². The van der Waals surface area contributed by atoms with Gasteiger partial charge in [-0.25, -0.2) is 4.79 Å². The third-order valence-electron chi connectivity index (χ3n) is 2.13. The first-order chi connectivity index (χ1) is 7.83. The van der Waals surface area contributed by atoms with Crippen molar-refractivity contribution in [2.75, 3.05) is 18.6 Å². The van der Waals surface area contributed by atoms with Crippen LogP contribution in [0.2, 0.25) is 0 Å². The van der Waals surface area contributed by atoms with Crippen molar-refractivity contribution in [2.24, 2.45) is 0 Å². The fourth-order valence-corrected chi connectivity index (χ4v) is 1.66. The van der Waals surface area contributed by atoms with E-state index in [1.165, 1.54) is 4.68 Å². The number of hydrogen-bond donors (Lipinski definition) is 1. The number of rotatable bonds is 3.